The molecule has 4 heterocycles. The summed E-state index contributed by atoms with van der Waals surface area (Å²) in [7, 11) is 4.77. The maximum absolute atomic E-state index is 6.93. The van der Waals surface area contributed by atoms with Crippen molar-refractivity contribution in [3.8, 4) is 0 Å². The predicted octanol–water partition coefficient (Wildman–Crippen LogP) is 4.16. The van der Waals surface area contributed by atoms with Crippen molar-refractivity contribution in [2.75, 3.05) is 14.1 Å². The van der Waals surface area contributed by atoms with E-state index in [4.69, 9.17) is 9.47 Å². The summed E-state index contributed by atoms with van der Waals surface area (Å²) in [5.41, 5.74) is 4.09. The highest BCUT2D eigenvalue weighted by Crippen LogP contribution is 2.53. The number of piperidine rings is 1. The molecule has 0 radical (unpaired) electrons. The Morgan fingerprint density at radius 1 is 0.926 bits per heavy atom. The van der Waals surface area contributed by atoms with Crippen LogP contribution in [0.5, 0.6) is 0 Å². The summed E-state index contributed by atoms with van der Waals surface area (Å²) < 4.78 is 14.0. The highest BCUT2D eigenvalue weighted by molar-refractivity contribution is 7.98. The Morgan fingerprint density at radius 2 is 1.59 bits per heavy atom. The zero-order valence-electron chi connectivity index (χ0n) is 15.9. The fourth-order valence-corrected chi connectivity index (χ4v) is 6.82. The van der Waals surface area contributed by atoms with Gasteiger partial charge in [-0.05, 0) is 22.8 Å². The molecule has 6 rings (SSSR count). The van der Waals surface area contributed by atoms with Crippen LogP contribution < -0.4 is 0 Å². The zero-order valence-corrected chi connectivity index (χ0v) is 16.7. The van der Waals surface area contributed by atoms with E-state index in [9.17, 15) is 0 Å². The van der Waals surface area contributed by atoms with Crippen molar-refractivity contribution in [1.29, 1.82) is 0 Å². The van der Waals surface area contributed by atoms with Gasteiger partial charge in [0.1, 0.15) is 30.4 Å². The van der Waals surface area contributed by atoms with Crippen LogP contribution in [0.25, 0.3) is 0 Å². The van der Waals surface area contributed by atoms with Crippen molar-refractivity contribution >= 4 is 11.8 Å². The summed E-state index contributed by atoms with van der Waals surface area (Å²) in [5.74, 6) is 1.02. The first-order valence-electron chi connectivity index (χ1n) is 10.1. The number of fused-ring (bicyclic) bond motifs is 7. The number of rotatable bonds is 2. The minimum absolute atomic E-state index is 0.0442. The maximum atomic E-state index is 6.93. The fraction of sp³-hybridized carbons (Fsp3) is 0.478. The molecule has 3 nitrogen and oxygen atoms in total. The standard InChI is InChI=1S/C23H26NO2S/c1-24(2)18-11-15(12-19(24)23-22(18)26-23)25-21-16-8-4-3-7-14(16)13-27-20-10-6-5-9-17(20)21/h3-10,15,18-19,21-23H,11-13H2,1-2H3/q+1/t15?,18-,19-,21?,22-,23+/m1/s1. The second-order valence-electron chi connectivity index (χ2n) is 8.96. The molecule has 3 fully saturated rings. The molecule has 4 aliphatic rings. The van der Waals surface area contributed by atoms with Gasteiger partial charge in [0.25, 0.3) is 0 Å². The average molecular weight is 381 g/mol. The molecule has 0 amide bonds. The molecule has 0 aliphatic carbocycles. The molecule has 2 bridgehead atoms. The van der Waals surface area contributed by atoms with E-state index in [1.54, 1.807) is 0 Å². The van der Waals surface area contributed by atoms with Gasteiger partial charge in [-0.15, -0.1) is 11.8 Å². The quantitative estimate of drug-likeness (QED) is 0.577. The van der Waals surface area contributed by atoms with Gasteiger partial charge in [-0.1, -0.05) is 42.5 Å². The van der Waals surface area contributed by atoms with Crippen molar-refractivity contribution in [2.24, 2.45) is 0 Å². The lowest BCUT2D eigenvalue weighted by Crippen LogP contribution is -2.59. The first-order valence-corrected chi connectivity index (χ1v) is 11.1. The van der Waals surface area contributed by atoms with Crippen LogP contribution in [0.15, 0.2) is 53.4 Å². The molecule has 0 saturated carbocycles. The lowest BCUT2D eigenvalue weighted by atomic mass is 9.94. The van der Waals surface area contributed by atoms with Crippen molar-refractivity contribution in [3.05, 3.63) is 65.2 Å². The molecular weight excluding hydrogens is 354 g/mol. The topological polar surface area (TPSA) is 21.8 Å². The van der Waals surface area contributed by atoms with Crippen LogP contribution in [0.4, 0.5) is 0 Å². The third-order valence-corrected chi connectivity index (χ3v) is 8.43. The number of hydrogen-bond donors (Lipinski definition) is 0. The van der Waals surface area contributed by atoms with Crippen molar-refractivity contribution in [1.82, 2.24) is 0 Å². The second kappa shape index (κ2) is 5.84. The Morgan fingerprint density at radius 3 is 2.37 bits per heavy atom. The number of thioether (sulfide) groups is 1. The summed E-state index contributed by atoms with van der Waals surface area (Å²) in [5, 5.41) is 0. The normalized spacial score (nSPS) is 37.7. The van der Waals surface area contributed by atoms with Crippen LogP contribution in [0.1, 0.15) is 35.6 Å². The van der Waals surface area contributed by atoms with E-state index >= 15 is 0 Å². The van der Waals surface area contributed by atoms with E-state index in [0.717, 1.165) is 23.1 Å². The molecule has 27 heavy (non-hydrogen) atoms. The van der Waals surface area contributed by atoms with Crippen molar-refractivity contribution < 1.29 is 14.0 Å². The van der Waals surface area contributed by atoms with E-state index in [1.165, 1.54) is 21.6 Å². The van der Waals surface area contributed by atoms with E-state index in [2.05, 4.69) is 62.6 Å². The Kier molecular flexibility index (Phi) is 3.59. The number of nitrogens with zero attached hydrogens (tertiary/aromatic N) is 1. The smallest absolute Gasteiger partial charge is 0.142 e. The molecule has 0 spiro atoms. The number of likely N-dealkylation sites (N-methyl/N-ethyl adjacent to an activating group) is 1. The number of epoxide rings is 1. The third kappa shape index (κ3) is 2.47. The van der Waals surface area contributed by atoms with E-state index in [1.807, 2.05) is 11.8 Å². The van der Waals surface area contributed by atoms with Gasteiger partial charge < -0.3 is 14.0 Å². The van der Waals surface area contributed by atoms with E-state index in [0.29, 0.717) is 30.4 Å². The minimum Gasteiger partial charge on any atom is -0.365 e. The van der Waals surface area contributed by atoms with Gasteiger partial charge in [0, 0.05) is 23.5 Å². The van der Waals surface area contributed by atoms with Gasteiger partial charge in [-0.3, -0.25) is 0 Å². The van der Waals surface area contributed by atoms with Gasteiger partial charge in [-0.25, -0.2) is 0 Å². The first kappa shape index (κ1) is 16.6. The lowest BCUT2D eigenvalue weighted by Gasteiger charge is -2.46. The highest BCUT2D eigenvalue weighted by Gasteiger charge is 2.70. The molecule has 2 aromatic carbocycles. The summed E-state index contributed by atoms with van der Waals surface area (Å²) in [6, 6.07) is 18.8. The average Bonchev–Trinajstić information content (AvgIpc) is 3.44. The molecule has 4 aliphatic heterocycles. The Labute approximate surface area is 165 Å². The van der Waals surface area contributed by atoms with Crippen molar-refractivity contribution in [2.45, 2.75) is 60.0 Å². The van der Waals surface area contributed by atoms with Crippen LogP contribution in [-0.4, -0.2) is 49.0 Å². The Hall–Kier alpha value is -1.33. The highest BCUT2D eigenvalue weighted by atomic mass is 32.2. The number of benzene rings is 2. The van der Waals surface area contributed by atoms with Crippen LogP contribution in [0.3, 0.4) is 0 Å². The summed E-state index contributed by atoms with van der Waals surface area (Å²) in [4.78, 5) is 1.36. The van der Waals surface area contributed by atoms with Crippen molar-refractivity contribution in [3.63, 3.8) is 0 Å². The molecule has 0 N–H and O–H groups in total. The van der Waals surface area contributed by atoms with Crippen LogP contribution in [0.2, 0.25) is 0 Å². The minimum atomic E-state index is 0.0442. The number of hydrogen-bond acceptors (Lipinski definition) is 3. The molecule has 4 heteroatoms. The SMILES string of the molecule is C[N+]1(C)[C@@H]2CC(OC3c4ccccc4CSc4ccccc43)C[C@@H]1[C@H]1O[C@H]12. The molecule has 2 unspecified atom stereocenters. The number of ether oxygens (including phenoxy) is 2. The summed E-state index contributed by atoms with van der Waals surface area (Å²) in [6.07, 6.45) is 3.53. The van der Waals surface area contributed by atoms with Gasteiger partial charge in [0.15, 0.2) is 0 Å². The number of morpholine rings is 1. The molecule has 140 valence electrons. The van der Waals surface area contributed by atoms with Crippen LogP contribution >= 0.6 is 11.8 Å². The van der Waals surface area contributed by atoms with Crippen LogP contribution in [-0.2, 0) is 15.2 Å². The largest absolute Gasteiger partial charge is 0.365 e. The molecule has 6 atom stereocenters. The zero-order chi connectivity index (χ0) is 18.2. The molecule has 2 aromatic rings. The first-order chi connectivity index (χ1) is 13.1. The molecular formula is C23H26NO2S+. The Balaban J connectivity index is 1.35. The van der Waals surface area contributed by atoms with Gasteiger partial charge in [-0.2, -0.15) is 0 Å². The fourth-order valence-electron chi connectivity index (χ4n) is 5.73. The third-order valence-electron chi connectivity index (χ3n) is 7.29. The number of quaternary nitrogens is 1. The molecule has 0 aromatic heterocycles. The summed E-state index contributed by atoms with van der Waals surface area (Å²) in [6.45, 7) is 0. The Bertz CT molecular complexity index is 830. The predicted molar refractivity (Wildman–Crippen MR) is 107 cm³/mol. The molecule has 3 saturated heterocycles. The maximum Gasteiger partial charge on any atom is 0.142 e. The van der Waals surface area contributed by atoms with Crippen LogP contribution in [0, 0.1) is 0 Å². The van der Waals surface area contributed by atoms with E-state index in [-0.39, 0.29) is 6.10 Å². The van der Waals surface area contributed by atoms with Gasteiger partial charge >= 0.3 is 0 Å². The second-order valence-corrected chi connectivity index (χ2v) is 9.98. The summed E-state index contributed by atoms with van der Waals surface area (Å²) >= 11 is 1.94. The van der Waals surface area contributed by atoms with Gasteiger partial charge in [0.05, 0.1) is 20.2 Å². The van der Waals surface area contributed by atoms with Gasteiger partial charge in [0.2, 0.25) is 0 Å². The van der Waals surface area contributed by atoms with E-state index < -0.39 is 0 Å². The lowest BCUT2D eigenvalue weighted by molar-refractivity contribution is -0.938. The monoisotopic (exact) mass is 380 g/mol.